The highest BCUT2D eigenvalue weighted by Crippen LogP contribution is 2.16. The van der Waals surface area contributed by atoms with Crippen LogP contribution >= 0.6 is 0 Å². The van der Waals surface area contributed by atoms with Crippen molar-refractivity contribution >= 4 is 11.8 Å². The number of halogens is 1. The summed E-state index contributed by atoms with van der Waals surface area (Å²) >= 11 is 0. The minimum absolute atomic E-state index is 0.163. The summed E-state index contributed by atoms with van der Waals surface area (Å²) in [6.45, 7) is 2.55. The van der Waals surface area contributed by atoms with Crippen LogP contribution in [0.2, 0.25) is 0 Å². The van der Waals surface area contributed by atoms with Gasteiger partial charge in [0.1, 0.15) is 17.6 Å². The maximum atomic E-state index is 13.5. The fourth-order valence-electron chi connectivity index (χ4n) is 3.59. The van der Waals surface area contributed by atoms with Crippen LogP contribution in [0.5, 0.6) is 5.75 Å². The number of hydrogen-bond acceptors (Lipinski definition) is 3. The average Bonchev–Trinajstić information content (AvgIpc) is 2.87. The molecule has 3 aromatic carbocycles. The molecule has 5 nitrogen and oxygen atoms in total. The number of carbonyl (C=O) groups excluding carboxylic acids is 2. The molecule has 0 fully saturated rings. The monoisotopic (exact) mass is 462 g/mol. The molecule has 0 aliphatic heterocycles. The number of amides is 2. The van der Waals surface area contributed by atoms with Gasteiger partial charge in [-0.25, -0.2) is 4.39 Å². The minimum Gasteiger partial charge on any atom is -0.484 e. The zero-order chi connectivity index (χ0) is 24.2. The number of benzene rings is 3. The van der Waals surface area contributed by atoms with Crippen LogP contribution in [0.3, 0.4) is 0 Å². The van der Waals surface area contributed by atoms with Crippen molar-refractivity contribution in [2.75, 3.05) is 13.2 Å². The Kier molecular flexibility index (Phi) is 9.65. The molecule has 0 unspecified atom stereocenters. The third kappa shape index (κ3) is 7.73. The van der Waals surface area contributed by atoms with Gasteiger partial charge in [0.15, 0.2) is 6.61 Å². The lowest BCUT2D eigenvalue weighted by atomic mass is 10.0. The molecule has 1 atom stereocenters. The van der Waals surface area contributed by atoms with Crippen LogP contribution in [0.25, 0.3) is 0 Å². The maximum Gasteiger partial charge on any atom is 0.261 e. The molecule has 2 amide bonds. The molecular formula is C28H31FN2O3. The molecule has 3 aromatic rings. The average molecular weight is 463 g/mol. The first-order valence-electron chi connectivity index (χ1n) is 11.6. The van der Waals surface area contributed by atoms with E-state index in [1.807, 2.05) is 48.5 Å². The number of hydrogen-bond donors (Lipinski definition) is 1. The second-order valence-corrected chi connectivity index (χ2v) is 8.10. The summed E-state index contributed by atoms with van der Waals surface area (Å²) in [5, 5.41) is 2.97. The maximum absolute atomic E-state index is 13.5. The molecule has 1 N–H and O–H groups in total. The largest absolute Gasteiger partial charge is 0.484 e. The molecule has 3 rings (SSSR count). The first-order chi connectivity index (χ1) is 16.6. The molecule has 34 heavy (non-hydrogen) atoms. The van der Waals surface area contributed by atoms with Crippen LogP contribution in [0.1, 0.15) is 30.9 Å². The summed E-state index contributed by atoms with van der Waals surface area (Å²) in [5.41, 5.74) is 1.67. The van der Waals surface area contributed by atoms with Gasteiger partial charge in [-0.05, 0) is 41.8 Å². The van der Waals surface area contributed by atoms with Crippen LogP contribution in [-0.4, -0.2) is 35.9 Å². The van der Waals surface area contributed by atoms with Crippen LogP contribution in [-0.2, 0) is 22.6 Å². The molecular weight excluding hydrogens is 431 g/mol. The summed E-state index contributed by atoms with van der Waals surface area (Å²) < 4.78 is 19.2. The number of carbonyl (C=O) groups is 2. The Morgan fingerprint density at radius 2 is 1.56 bits per heavy atom. The molecule has 6 heteroatoms. The van der Waals surface area contributed by atoms with E-state index < -0.39 is 6.04 Å². The van der Waals surface area contributed by atoms with Gasteiger partial charge in [0.05, 0.1) is 0 Å². The predicted octanol–water partition coefficient (Wildman–Crippen LogP) is 4.76. The topological polar surface area (TPSA) is 58.6 Å². The quantitative estimate of drug-likeness (QED) is 0.395. The number of unbranched alkanes of at least 4 members (excludes halogenated alkanes) is 1. The lowest BCUT2D eigenvalue weighted by molar-refractivity contribution is -0.142. The Bertz CT molecular complexity index is 1030. The summed E-state index contributed by atoms with van der Waals surface area (Å²) in [6, 6.07) is 23.9. The lowest BCUT2D eigenvalue weighted by Crippen LogP contribution is -2.51. The van der Waals surface area contributed by atoms with Crippen molar-refractivity contribution < 1.29 is 18.7 Å². The van der Waals surface area contributed by atoms with E-state index in [-0.39, 0.29) is 30.8 Å². The third-order valence-electron chi connectivity index (χ3n) is 5.47. The van der Waals surface area contributed by atoms with E-state index in [0.717, 1.165) is 24.0 Å². The molecule has 0 spiro atoms. The van der Waals surface area contributed by atoms with Crippen LogP contribution in [0, 0.1) is 5.82 Å². The number of nitrogens with zero attached hydrogens (tertiary/aromatic N) is 1. The highest BCUT2D eigenvalue weighted by molar-refractivity contribution is 5.88. The molecule has 0 aliphatic carbocycles. The summed E-state index contributed by atoms with van der Waals surface area (Å²) in [6.07, 6.45) is 2.16. The van der Waals surface area contributed by atoms with Crippen molar-refractivity contribution in [2.45, 2.75) is 38.8 Å². The zero-order valence-corrected chi connectivity index (χ0v) is 19.5. The summed E-state index contributed by atoms with van der Waals surface area (Å²) in [7, 11) is 0. The Labute approximate surface area is 200 Å². The molecule has 0 bridgehead atoms. The molecule has 0 aromatic heterocycles. The fourth-order valence-corrected chi connectivity index (χ4v) is 3.59. The molecule has 178 valence electrons. The molecule has 0 saturated carbocycles. The first kappa shape index (κ1) is 25.0. The van der Waals surface area contributed by atoms with E-state index in [4.69, 9.17) is 4.74 Å². The molecule has 0 saturated heterocycles. The SMILES string of the molecule is CCCCNC(=O)[C@H](Cc1ccccc1)N(Cc1ccc(F)cc1)C(=O)COc1ccccc1. The normalized spacial score (nSPS) is 11.5. The van der Waals surface area contributed by atoms with Crippen LogP contribution in [0.15, 0.2) is 84.9 Å². The zero-order valence-electron chi connectivity index (χ0n) is 19.5. The van der Waals surface area contributed by atoms with Gasteiger partial charge in [-0.1, -0.05) is 74.0 Å². The summed E-state index contributed by atoms with van der Waals surface area (Å²) in [4.78, 5) is 28.2. The Morgan fingerprint density at radius 3 is 2.21 bits per heavy atom. The van der Waals surface area contributed by atoms with Gasteiger partial charge < -0.3 is 15.0 Å². The van der Waals surface area contributed by atoms with E-state index in [2.05, 4.69) is 12.2 Å². The second-order valence-electron chi connectivity index (χ2n) is 8.10. The van der Waals surface area contributed by atoms with Gasteiger partial charge in [-0.2, -0.15) is 0 Å². The molecule has 0 heterocycles. The van der Waals surface area contributed by atoms with Crippen molar-refractivity contribution in [3.63, 3.8) is 0 Å². The smallest absolute Gasteiger partial charge is 0.261 e. The fraction of sp³-hybridized carbons (Fsp3) is 0.286. The lowest BCUT2D eigenvalue weighted by Gasteiger charge is -2.31. The standard InChI is InChI=1S/C28H31FN2O3/c1-2-3-18-30-28(33)26(19-22-10-6-4-7-11-22)31(20-23-14-16-24(29)17-15-23)27(32)21-34-25-12-8-5-9-13-25/h4-17,26H,2-3,18-21H2,1H3,(H,30,33)/t26-/m0/s1. The predicted molar refractivity (Wildman–Crippen MR) is 131 cm³/mol. The highest BCUT2D eigenvalue weighted by atomic mass is 19.1. The highest BCUT2D eigenvalue weighted by Gasteiger charge is 2.30. The van der Waals surface area contributed by atoms with Crippen molar-refractivity contribution in [2.24, 2.45) is 0 Å². The van der Waals surface area contributed by atoms with Gasteiger partial charge in [-0.15, -0.1) is 0 Å². The van der Waals surface area contributed by atoms with Crippen molar-refractivity contribution in [3.05, 3.63) is 102 Å². The number of nitrogens with one attached hydrogen (secondary N) is 1. The van der Waals surface area contributed by atoms with E-state index in [1.165, 1.54) is 17.0 Å². The first-order valence-corrected chi connectivity index (χ1v) is 11.6. The van der Waals surface area contributed by atoms with Crippen LogP contribution in [0.4, 0.5) is 4.39 Å². The Hall–Kier alpha value is -3.67. The van der Waals surface area contributed by atoms with E-state index >= 15 is 0 Å². The summed E-state index contributed by atoms with van der Waals surface area (Å²) in [5.74, 6) is -0.316. The van der Waals surface area contributed by atoms with Crippen LogP contribution < -0.4 is 10.1 Å². The van der Waals surface area contributed by atoms with Crippen molar-refractivity contribution in [1.29, 1.82) is 0 Å². The third-order valence-corrected chi connectivity index (χ3v) is 5.47. The van der Waals surface area contributed by atoms with Gasteiger partial charge >= 0.3 is 0 Å². The second kappa shape index (κ2) is 13.1. The molecule has 0 radical (unpaired) electrons. The van der Waals surface area contributed by atoms with Crippen molar-refractivity contribution in [3.8, 4) is 5.75 Å². The molecule has 0 aliphatic rings. The van der Waals surface area contributed by atoms with E-state index in [0.29, 0.717) is 18.7 Å². The van der Waals surface area contributed by atoms with Gasteiger partial charge in [-0.3, -0.25) is 9.59 Å². The van der Waals surface area contributed by atoms with Crippen molar-refractivity contribution in [1.82, 2.24) is 10.2 Å². The number of ether oxygens (including phenoxy) is 1. The number of rotatable bonds is 12. The van der Waals surface area contributed by atoms with Gasteiger partial charge in [0.25, 0.3) is 5.91 Å². The number of para-hydroxylation sites is 1. The van der Waals surface area contributed by atoms with Gasteiger partial charge in [0, 0.05) is 19.5 Å². The van der Waals surface area contributed by atoms with E-state index in [1.54, 1.807) is 24.3 Å². The van der Waals surface area contributed by atoms with E-state index in [9.17, 15) is 14.0 Å². The van der Waals surface area contributed by atoms with Gasteiger partial charge in [0.2, 0.25) is 5.91 Å². The Balaban J connectivity index is 1.86. The minimum atomic E-state index is -0.740. The Morgan fingerprint density at radius 1 is 0.912 bits per heavy atom.